The Hall–Kier alpha value is -1.59. The van der Waals surface area contributed by atoms with Crippen molar-refractivity contribution in [2.75, 3.05) is 12.4 Å². The average molecular weight is 348 g/mol. The number of aromatic hydroxyl groups is 1. The van der Waals surface area contributed by atoms with Crippen molar-refractivity contribution in [3.8, 4) is 5.75 Å². The molecule has 1 N–H and O–H groups in total. The molecule has 130 valence electrons. The zero-order chi connectivity index (χ0) is 17.3. The van der Waals surface area contributed by atoms with Gasteiger partial charge in [-0.05, 0) is 37.8 Å². The van der Waals surface area contributed by atoms with E-state index in [2.05, 4.69) is 6.92 Å². The molecular weight excluding hydrogens is 324 g/mol. The monoisotopic (exact) mass is 348 g/mol. The predicted molar refractivity (Wildman–Crippen MR) is 95.6 cm³/mol. The number of benzene rings is 1. The summed E-state index contributed by atoms with van der Waals surface area (Å²) in [6.07, 6.45) is 4.44. The fraction of sp³-hybridized carbons (Fsp3) is 0.474. The molecule has 2 aliphatic heterocycles. The molecule has 0 saturated carbocycles. The van der Waals surface area contributed by atoms with Gasteiger partial charge in [0.2, 0.25) is 0 Å². The van der Waals surface area contributed by atoms with Gasteiger partial charge in [0.05, 0.1) is 18.5 Å². The molecule has 2 aliphatic rings. The molecular formula is C19H24O4S. The van der Waals surface area contributed by atoms with Gasteiger partial charge in [-0.25, -0.2) is 8.42 Å². The van der Waals surface area contributed by atoms with Crippen LogP contribution in [0.3, 0.4) is 0 Å². The van der Waals surface area contributed by atoms with E-state index in [1.54, 1.807) is 12.1 Å². The smallest absolute Gasteiger partial charge is 0.163 e. The Balaban J connectivity index is 1.71. The van der Waals surface area contributed by atoms with Crippen LogP contribution in [-0.4, -0.2) is 37.2 Å². The molecule has 0 spiro atoms. The van der Waals surface area contributed by atoms with Gasteiger partial charge in [-0.1, -0.05) is 42.3 Å². The lowest BCUT2D eigenvalue weighted by atomic mass is 9.96. The molecule has 0 aliphatic carbocycles. The van der Waals surface area contributed by atoms with E-state index >= 15 is 0 Å². The van der Waals surface area contributed by atoms with Crippen molar-refractivity contribution in [2.24, 2.45) is 0 Å². The summed E-state index contributed by atoms with van der Waals surface area (Å²) in [4.78, 5) is 0. The quantitative estimate of drug-likeness (QED) is 0.828. The van der Waals surface area contributed by atoms with Crippen LogP contribution in [0.2, 0.25) is 0 Å². The van der Waals surface area contributed by atoms with Crippen LogP contribution in [-0.2, 0) is 14.6 Å². The first-order valence-electron chi connectivity index (χ1n) is 8.42. The molecule has 1 saturated heterocycles. The second-order valence-electron chi connectivity index (χ2n) is 6.61. The number of para-hydroxylation sites is 1. The van der Waals surface area contributed by atoms with Crippen LogP contribution >= 0.6 is 0 Å². The molecule has 0 amide bonds. The minimum Gasteiger partial charge on any atom is -0.507 e. The Kier molecular flexibility index (Phi) is 4.83. The molecule has 4 nitrogen and oxygen atoms in total. The van der Waals surface area contributed by atoms with E-state index in [9.17, 15) is 13.5 Å². The molecule has 2 heterocycles. The molecule has 0 aromatic heterocycles. The van der Waals surface area contributed by atoms with E-state index in [4.69, 9.17) is 4.74 Å². The Morgan fingerprint density at radius 1 is 1.38 bits per heavy atom. The van der Waals surface area contributed by atoms with Crippen LogP contribution in [0.1, 0.15) is 38.7 Å². The highest BCUT2D eigenvalue weighted by Crippen LogP contribution is 2.38. The van der Waals surface area contributed by atoms with Gasteiger partial charge in [-0.15, -0.1) is 0 Å². The van der Waals surface area contributed by atoms with Gasteiger partial charge in [0.1, 0.15) is 11.0 Å². The van der Waals surface area contributed by atoms with Crippen molar-refractivity contribution in [3.63, 3.8) is 0 Å². The van der Waals surface area contributed by atoms with E-state index < -0.39 is 15.1 Å². The van der Waals surface area contributed by atoms with Crippen molar-refractivity contribution in [1.29, 1.82) is 0 Å². The third-order valence-corrected chi connectivity index (χ3v) is 7.06. The maximum atomic E-state index is 12.1. The van der Waals surface area contributed by atoms with Gasteiger partial charge in [-0.3, -0.25) is 0 Å². The van der Waals surface area contributed by atoms with E-state index in [-0.39, 0.29) is 17.6 Å². The SMILES string of the molecule is CC/C(=C\c1ccccc1O)CC[C@H]1OC[C@H]2C1=C(C)CS2(=O)=O. The molecule has 0 radical (unpaired) electrons. The van der Waals surface area contributed by atoms with E-state index in [1.165, 1.54) is 5.57 Å². The number of phenols is 1. The van der Waals surface area contributed by atoms with Gasteiger partial charge >= 0.3 is 0 Å². The van der Waals surface area contributed by atoms with Gasteiger partial charge in [-0.2, -0.15) is 0 Å². The molecule has 24 heavy (non-hydrogen) atoms. The summed E-state index contributed by atoms with van der Waals surface area (Å²) in [7, 11) is -3.05. The molecule has 5 heteroatoms. The third-order valence-electron chi connectivity index (χ3n) is 4.96. The normalized spacial score (nSPS) is 26.0. The Morgan fingerprint density at radius 3 is 2.83 bits per heavy atom. The maximum absolute atomic E-state index is 12.1. The van der Waals surface area contributed by atoms with E-state index in [0.717, 1.165) is 36.0 Å². The van der Waals surface area contributed by atoms with Crippen LogP contribution in [0.15, 0.2) is 41.0 Å². The summed E-state index contributed by atoms with van der Waals surface area (Å²) < 4.78 is 30.0. The number of hydrogen-bond acceptors (Lipinski definition) is 4. The highest BCUT2D eigenvalue weighted by atomic mass is 32.2. The van der Waals surface area contributed by atoms with Crippen molar-refractivity contribution in [2.45, 2.75) is 44.5 Å². The van der Waals surface area contributed by atoms with Crippen LogP contribution in [0.25, 0.3) is 6.08 Å². The number of rotatable bonds is 5. The zero-order valence-electron chi connectivity index (χ0n) is 14.2. The highest BCUT2D eigenvalue weighted by molar-refractivity contribution is 7.92. The molecule has 1 aromatic carbocycles. The Morgan fingerprint density at radius 2 is 2.12 bits per heavy atom. The lowest BCUT2D eigenvalue weighted by molar-refractivity contribution is 0.117. The lowest BCUT2D eigenvalue weighted by Gasteiger charge is -2.14. The van der Waals surface area contributed by atoms with Crippen LogP contribution in [0, 0.1) is 0 Å². The Bertz CT molecular complexity index is 789. The van der Waals surface area contributed by atoms with Gasteiger partial charge in [0, 0.05) is 5.56 Å². The number of hydrogen-bond donors (Lipinski definition) is 1. The minimum atomic E-state index is -3.05. The second-order valence-corrected chi connectivity index (χ2v) is 8.79. The predicted octanol–water partition coefficient (Wildman–Crippen LogP) is 3.48. The number of sulfone groups is 1. The van der Waals surface area contributed by atoms with Crippen LogP contribution in [0.5, 0.6) is 5.75 Å². The minimum absolute atomic E-state index is 0.0911. The number of ether oxygens (including phenoxy) is 1. The first-order chi connectivity index (χ1) is 11.4. The van der Waals surface area contributed by atoms with Crippen LogP contribution in [0.4, 0.5) is 0 Å². The molecule has 0 unspecified atom stereocenters. The summed E-state index contributed by atoms with van der Waals surface area (Å²) in [5, 5.41) is 9.49. The Labute approximate surface area is 143 Å². The summed E-state index contributed by atoms with van der Waals surface area (Å²) in [5.74, 6) is 0.461. The van der Waals surface area contributed by atoms with Gasteiger partial charge in [0.25, 0.3) is 0 Å². The van der Waals surface area contributed by atoms with Gasteiger partial charge < -0.3 is 9.84 Å². The zero-order valence-corrected chi connectivity index (χ0v) is 15.0. The number of phenolic OH excluding ortho intramolecular Hbond substituents is 1. The summed E-state index contributed by atoms with van der Waals surface area (Å²) in [6.45, 7) is 4.30. The topological polar surface area (TPSA) is 63.6 Å². The van der Waals surface area contributed by atoms with Crippen molar-refractivity contribution in [3.05, 3.63) is 46.5 Å². The first-order valence-corrected chi connectivity index (χ1v) is 10.1. The summed E-state index contributed by atoms with van der Waals surface area (Å²) >= 11 is 0. The average Bonchev–Trinajstić information content (AvgIpc) is 3.06. The third kappa shape index (κ3) is 3.28. The molecule has 0 bridgehead atoms. The first kappa shape index (κ1) is 17.2. The molecule has 2 atom stereocenters. The van der Waals surface area contributed by atoms with Crippen molar-refractivity contribution in [1.82, 2.24) is 0 Å². The van der Waals surface area contributed by atoms with Crippen molar-refractivity contribution < 1.29 is 18.3 Å². The van der Waals surface area contributed by atoms with E-state index in [1.807, 2.05) is 25.1 Å². The van der Waals surface area contributed by atoms with Crippen molar-refractivity contribution >= 4 is 15.9 Å². The maximum Gasteiger partial charge on any atom is 0.163 e. The number of fused-ring (bicyclic) bond motifs is 1. The second kappa shape index (κ2) is 6.73. The van der Waals surface area contributed by atoms with E-state index in [0.29, 0.717) is 6.61 Å². The van der Waals surface area contributed by atoms with Gasteiger partial charge in [0.15, 0.2) is 9.84 Å². The highest BCUT2D eigenvalue weighted by Gasteiger charge is 2.45. The fourth-order valence-electron chi connectivity index (χ4n) is 3.66. The molecule has 3 rings (SSSR count). The fourth-order valence-corrected chi connectivity index (χ4v) is 5.66. The summed E-state index contributed by atoms with van der Waals surface area (Å²) in [5.41, 5.74) is 4.00. The summed E-state index contributed by atoms with van der Waals surface area (Å²) in [6, 6.07) is 7.28. The largest absolute Gasteiger partial charge is 0.507 e. The standard InChI is InChI=1S/C19H24O4S/c1-3-14(10-15-6-4-5-7-16(15)20)8-9-17-19-13(2)12-24(21,22)18(19)11-23-17/h4-7,10,17-18,20H,3,8-9,11-12H2,1-2H3/b14-10+/t17-,18+/m1/s1. The van der Waals surface area contributed by atoms with Crippen LogP contribution < -0.4 is 0 Å². The molecule has 1 fully saturated rings. The number of allylic oxidation sites excluding steroid dienone is 1. The molecule has 1 aromatic rings. The lowest BCUT2D eigenvalue weighted by Crippen LogP contribution is -2.19.